The zero-order chi connectivity index (χ0) is 13.0. The molecular weight excluding hydrogens is 275 g/mol. The molecule has 98 valence electrons. The van der Waals surface area contributed by atoms with Crippen LogP contribution in [0.5, 0.6) is 0 Å². The van der Waals surface area contributed by atoms with Gasteiger partial charge >= 0.3 is 0 Å². The molecule has 6 heteroatoms. The molecule has 1 saturated heterocycles. The fourth-order valence-electron chi connectivity index (χ4n) is 1.81. The number of amides is 1. The van der Waals surface area contributed by atoms with Crippen LogP contribution < -0.4 is 10.6 Å². The molecule has 1 aliphatic rings. The van der Waals surface area contributed by atoms with E-state index in [1.165, 1.54) is 18.2 Å². The fourth-order valence-corrected chi connectivity index (χ4v) is 2.98. The second kappa shape index (κ2) is 6.41. The summed E-state index contributed by atoms with van der Waals surface area (Å²) in [5.74, 6) is 1.43. The van der Waals surface area contributed by atoms with Gasteiger partial charge in [-0.2, -0.15) is 11.8 Å². The van der Waals surface area contributed by atoms with Gasteiger partial charge in [-0.1, -0.05) is 11.6 Å². The maximum Gasteiger partial charge on any atom is 0.225 e. The molecule has 2 rings (SSSR count). The highest BCUT2D eigenvalue weighted by molar-refractivity contribution is 7.99. The van der Waals surface area contributed by atoms with E-state index in [1.807, 2.05) is 11.8 Å². The first kappa shape index (κ1) is 13.6. The number of carbonyl (C=O) groups excluding carboxylic acids is 1. The Labute approximate surface area is 114 Å². The van der Waals surface area contributed by atoms with Gasteiger partial charge in [-0.05, 0) is 18.2 Å². The zero-order valence-electron chi connectivity index (χ0n) is 9.71. The molecule has 0 bridgehead atoms. The van der Waals surface area contributed by atoms with Crippen LogP contribution >= 0.6 is 23.4 Å². The summed E-state index contributed by atoms with van der Waals surface area (Å²) in [6.07, 6.45) is 0.390. The lowest BCUT2D eigenvalue weighted by molar-refractivity contribution is -0.116. The predicted molar refractivity (Wildman–Crippen MR) is 73.8 cm³/mol. The lowest BCUT2D eigenvalue weighted by Crippen LogP contribution is -2.39. The maximum atomic E-state index is 13.1. The average Bonchev–Trinajstić information content (AvgIpc) is 2.28. The molecule has 1 fully saturated rings. The number of benzene rings is 1. The summed E-state index contributed by atoms with van der Waals surface area (Å²) in [7, 11) is 0. The Bertz CT molecular complexity index is 418. The maximum absolute atomic E-state index is 13.1. The number of nitrogens with one attached hydrogen (secondary N) is 2. The molecule has 0 aromatic heterocycles. The van der Waals surface area contributed by atoms with E-state index >= 15 is 0 Å². The molecule has 0 spiro atoms. The van der Waals surface area contributed by atoms with Gasteiger partial charge in [0.1, 0.15) is 5.82 Å². The molecule has 1 heterocycles. The van der Waals surface area contributed by atoms with Crippen molar-refractivity contribution in [2.75, 3.05) is 23.4 Å². The van der Waals surface area contributed by atoms with Crippen molar-refractivity contribution in [1.82, 2.24) is 5.32 Å². The molecule has 1 amide bonds. The van der Waals surface area contributed by atoms with Crippen molar-refractivity contribution in [3.63, 3.8) is 0 Å². The van der Waals surface area contributed by atoms with Gasteiger partial charge in [-0.3, -0.25) is 4.79 Å². The molecule has 18 heavy (non-hydrogen) atoms. The van der Waals surface area contributed by atoms with Crippen LogP contribution in [0.25, 0.3) is 0 Å². The number of thioether (sulfide) groups is 1. The van der Waals surface area contributed by atoms with Gasteiger partial charge < -0.3 is 10.6 Å². The smallest absolute Gasteiger partial charge is 0.225 e. The van der Waals surface area contributed by atoms with Gasteiger partial charge in [0.15, 0.2) is 0 Å². The third kappa shape index (κ3) is 4.15. The van der Waals surface area contributed by atoms with Crippen molar-refractivity contribution in [3.05, 3.63) is 29.0 Å². The van der Waals surface area contributed by atoms with Crippen molar-refractivity contribution in [2.24, 2.45) is 0 Å². The van der Waals surface area contributed by atoms with E-state index in [9.17, 15) is 9.18 Å². The normalized spacial score (nSPS) is 19.6. The lowest BCUT2D eigenvalue weighted by Gasteiger charge is -2.22. The minimum Gasteiger partial charge on any atom is -0.326 e. The van der Waals surface area contributed by atoms with E-state index in [-0.39, 0.29) is 17.0 Å². The van der Waals surface area contributed by atoms with Gasteiger partial charge in [-0.15, -0.1) is 0 Å². The number of hydrogen-bond acceptors (Lipinski definition) is 3. The number of rotatable bonds is 3. The molecule has 3 nitrogen and oxygen atoms in total. The van der Waals surface area contributed by atoms with Gasteiger partial charge in [0.2, 0.25) is 5.91 Å². The van der Waals surface area contributed by atoms with Gasteiger partial charge in [-0.25, -0.2) is 4.39 Å². The van der Waals surface area contributed by atoms with Gasteiger partial charge in [0.05, 0.1) is 0 Å². The Morgan fingerprint density at radius 1 is 1.56 bits per heavy atom. The van der Waals surface area contributed by atoms with Crippen LogP contribution in [-0.2, 0) is 4.79 Å². The molecule has 1 aromatic rings. The Morgan fingerprint density at radius 3 is 3.06 bits per heavy atom. The molecule has 1 aromatic carbocycles. The van der Waals surface area contributed by atoms with Crippen LogP contribution in [0.4, 0.5) is 10.1 Å². The number of hydrogen-bond donors (Lipinski definition) is 2. The minimum absolute atomic E-state index is 0.128. The third-order valence-corrected chi connectivity index (χ3v) is 3.93. The summed E-state index contributed by atoms with van der Waals surface area (Å²) >= 11 is 7.55. The number of anilines is 1. The van der Waals surface area contributed by atoms with Gasteiger partial charge in [0, 0.05) is 41.2 Å². The molecule has 1 atom stereocenters. The van der Waals surface area contributed by atoms with E-state index in [0.717, 1.165) is 18.1 Å². The Morgan fingerprint density at radius 2 is 2.39 bits per heavy atom. The molecule has 0 radical (unpaired) electrons. The van der Waals surface area contributed by atoms with Crippen molar-refractivity contribution in [3.8, 4) is 0 Å². The average molecular weight is 289 g/mol. The lowest BCUT2D eigenvalue weighted by atomic mass is 10.2. The molecule has 1 unspecified atom stereocenters. The first-order valence-electron chi connectivity index (χ1n) is 5.70. The summed E-state index contributed by atoms with van der Waals surface area (Å²) in [5.41, 5.74) is 0.397. The van der Waals surface area contributed by atoms with E-state index in [2.05, 4.69) is 10.6 Å². The van der Waals surface area contributed by atoms with Crippen LogP contribution in [0.1, 0.15) is 6.42 Å². The Kier molecular flexibility index (Phi) is 4.86. The Hall–Kier alpha value is -0.780. The van der Waals surface area contributed by atoms with Crippen molar-refractivity contribution < 1.29 is 9.18 Å². The summed E-state index contributed by atoms with van der Waals surface area (Å²) in [4.78, 5) is 11.8. The van der Waals surface area contributed by atoms with Gasteiger partial charge in [0.25, 0.3) is 0 Å². The second-order valence-corrected chi connectivity index (χ2v) is 5.72. The number of halogens is 2. The van der Waals surface area contributed by atoms with Crippen LogP contribution in [0, 0.1) is 5.82 Å². The number of carbonyl (C=O) groups is 1. The van der Waals surface area contributed by atoms with E-state index in [0.29, 0.717) is 12.1 Å². The van der Waals surface area contributed by atoms with Crippen LogP contribution in [0.15, 0.2) is 18.2 Å². The van der Waals surface area contributed by atoms with Crippen LogP contribution in [-0.4, -0.2) is 30.0 Å². The minimum atomic E-state index is -0.454. The quantitative estimate of drug-likeness (QED) is 0.898. The molecule has 2 N–H and O–H groups in total. The summed E-state index contributed by atoms with van der Waals surface area (Å²) in [5, 5.41) is 6.21. The van der Waals surface area contributed by atoms with Crippen molar-refractivity contribution in [1.29, 1.82) is 0 Å². The molecular formula is C12H14ClFN2OS. The molecule has 1 aliphatic heterocycles. The Balaban J connectivity index is 1.89. The molecule has 0 aliphatic carbocycles. The second-order valence-electron chi connectivity index (χ2n) is 4.14. The summed E-state index contributed by atoms with van der Waals surface area (Å²) in [6, 6.07) is 4.18. The topological polar surface area (TPSA) is 41.1 Å². The van der Waals surface area contributed by atoms with Crippen molar-refractivity contribution in [2.45, 2.75) is 12.5 Å². The molecule has 0 saturated carbocycles. The SMILES string of the molecule is O=C(CC1CSCCN1)Nc1cc(F)cc(Cl)c1. The first-order chi connectivity index (χ1) is 8.63. The largest absolute Gasteiger partial charge is 0.326 e. The van der Waals surface area contributed by atoms with E-state index in [1.54, 1.807) is 0 Å². The highest BCUT2D eigenvalue weighted by Crippen LogP contribution is 2.18. The standard InChI is InChI=1S/C12H14ClFN2OS/c13-8-3-9(14)5-10(4-8)16-12(17)6-11-7-18-2-1-15-11/h3-5,11,15H,1-2,6-7H2,(H,16,17). The highest BCUT2D eigenvalue weighted by atomic mass is 35.5. The highest BCUT2D eigenvalue weighted by Gasteiger charge is 2.16. The van der Waals surface area contributed by atoms with Crippen LogP contribution in [0.2, 0.25) is 5.02 Å². The fraction of sp³-hybridized carbons (Fsp3) is 0.417. The summed E-state index contributed by atoms with van der Waals surface area (Å²) in [6.45, 7) is 0.925. The predicted octanol–water partition coefficient (Wildman–Crippen LogP) is 2.51. The zero-order valence-corrected chi connectivity index (χ0v) is 11.3. The first-order valence-corrected chi connectivity index (χ1v) is 7.24. The van der Waals surface area contributed by atoms with Crippen molar-refractivity contribution >= 4 is 35.0 Å². The third-order valence-electron chi connectivity index (χ3n) is 2.58. The summed E-state index contributed by atoms with van der Waals surface area (Å²) < 4.78 is 13.1. The van der Waals surface area contributed by atoms with Crippen LogP contribution in [0.3, 0.4) is 0 Å². The monoisotopic (exact) mass is 288 g/mol. The van der Waals surface area contributed by atoms with E-state index < -0.39 is 5.82 Å². The van der Waals surface area contributed by atoms with E-state index in [4.69, 9.17) is 11.6 Å².